The second-order valence-electron chi connectivity index (χ2n) is 4.04. The van der Waals surface area contributed by atoms with Crippen molar-refractivity contribution in [3.63, 3.8) is 0 Å². The molecule has 3 rings (SSSR count). The standard InChI is InChI=1S/C12H11NO3/c1-15-12(14)8-4-5-10-9(6-8)11(13-16-10)7-2-3-7/h4-7H,2-3H2,1H3. The number of aromatic nitrogens is 1. The number of hydrogen-bond acceptors (Lipinski definition) is 4. The Balaban J connectivity index is 2.13. The smallest absolute Gasteiger partial charge is 0.337 e. The molecule has 0 radical (unpaired) electrons. The van der Waals surface area contributed by atoms with E-state index in [2.05, 4.69) is 9.89 Å². The van der Waals surface area contributed by atoms with E-state index in [0.717, 1.165) is 29.5 Å². The topological polar surface area (TPSA) is 52.3 Å². The average Bonchev–Trinajstić information content (AvgIpc) is 3.08. The van der Waals surface area contributed by atoms with Gasteiger partial charge in [0.1, 0.15) is 0 Å². The minimum atomic E-state index is -0.329. The molecule has 1 aromatic carbocycles. The van der Waals surface area contributed by atoms with E-state index < -0.39 is 0 Å². The summed E-state index contributed by atoms with van der Waals surface area (Å²) in [6, 6.07) is 5.25. The monoisotopic (exact) mass is 217 g/mol. The van der Waals surface area contributed by atoms with E-state index in [1.807, 2.05) is 0 Å². The van der Waals surface area contributed by atoms with Crippen LogP contribution >= 0.6 is 0 Å². The predicted molar refractivity (Wildman–Crippen MR) is 57.3 cm³/mol. The largest absolute Gasteiger partial charge is 0.465 e. The maximum atomic E-state index is 11.4. The van der Waals surface area contributed by atoms with Crippen LogP contribution in [0.25, 0.3) is 11.0 Å². The molecule has 0 unspecified atom stereocenters. The van der Waals surface area contributed by atoms with Gasteiger partial charge < -0.3 is 9.26 Å². The van der Waals surface area contributed by atoms with Gasteiger partial charge >= 0.3 is 5.97 Å². The van der Waals surface area contributed by atoms with Crippen molar-refractivity contribution >= 4 is 16.9 Å². The lowest BCUT2D eigenvalue weighted by Crippen LogP contribution is -2.00. The molecule has 16 heavy (non-hydrogen) atoms. The van der Waals surface area contributed by atoms with Crippen molar-refractivity contribution in [1.29, 1.82) is 0 Å². The van der Waals surface area contributed by atoms with Crippen LogP contribution in [0, 0.1) is 0 Å². The fourth-order valence-electron chi connectivity index (χ4n) is 1.85. The van der Waals surface area contributed by atoms with E-state index in [-0.39, 0.29) is 5.97 Å². The molecule has 1 saturated carbocycles. The number of carbonyl (C=O) groups is 1. The predicted octanol–water partition coefficient (Wildman–Crippen LogP) is 2.49. The molecular formula is C12H11NO3. The van der Waals surface area contributed by atoms with E-state index in [0.29, 0.717) is 11.5 Å². The maximum absolute atomic E-state index is 11.4. The Morgan fingerprint density at radius 1 is 1.50 bits per heavy atom. The molecule has 0 N–H and O–H groups in total. The Bertz CT molecular complexity index is 554. The van der Waals surface area contributed by atoms with Gasteiger partial charge in [0, 0.05) is 11.3 Å². The van der Waals surface area contributed by atoms with Gasteiger partial charge in [-0.2, -0.15) is 0 Å². The summed E-state index contributed by atoms with van der Waals surface area (Å²) in [5.41, 5.74) is 2.25. The lowest BCUT2D eigenvalue weighted by atomic mass is 10.1. The number of ether oxygens (including phenoxy) is 1. The summed E-state index contributed by atoms with van der Waals surface area (Å²) >= 11 is 0. The number of hydrogen-bond donors (Lipinski definition) is 0. The van der Waals surface area contributed by atoms with E-state index >= 15 is 0 Å². The fourth-order valence-corrected chi connectivity index (χ4v) is 1.85. The van der Waals surface area contributed by atoms with Crippen LogP contribution < -0.4 is 0 Å². The highest BCUT2D eigenvalue weighted by molar-refractivity contribution is 5.94. The Hall–Kier alpha value is -1.84. The number of nitrogens with zero attached hydrogens (tertiary/aromatic N) is 1. The number of carbonyl (C=O) groups excluding carboxylic acids is 1. The molecule has 1 fully saturated rings. The number of methoxy groups -OCH3 is 1. The Morgan fingerprint density at radius 2 is 2.31 bits per heavy atom. The first-order chi connectivity index (χ1) is 7.79. The molecule has 0 bridgehead atoms. The molecule has 0 aliphatic heterocycles. The highest BCUT2D eigenvalue weighted by Gasteiger charge is 2.29. The van der Waals surface area contributed by atoms with Crippen molar-refractivity contribution in [2.75, 3.05) is 7.11 Å². The maximum Gasteiger partial charge on any atom is 0.337 e. The van der Waals surface area contributed by atoms with Gasteiger partial charge in [0.15, 0.2) is 5.58 Å². The molecule has 4 nitrogen and oxygen atoms in total. The van der Waals surface area contributed by atoms with Gasteiger partial charge in [-0.05, 0) is 31.0 Å². The summed E-state index contributed by atoms with van der Waals surface area (Å²) in [5.74, 6) is 0.180. The van der Waals surface area contributed by atoms with Crippen LogP contribution in [0.4, 0.5) is 0 Å². The van der Waals surface area contributed by atoms with Gasteiger partial charge in [0.25, 0.3) is 0 Å². The van der Waals surface area contributed by atoms with Gasteiger partial charge in [-0.3, -0.25) is 0 Å². The van der Waals surface area contributed by atoms with E-state index in [4.69, 9.17) is 4.52 Å². The van der Waals surface area contributed by atoms with Crippen LogP contribution in [0.3, 0.4) is 0 Å². The Kier molecular flexibility index (Phi) is 1.96. The minimum absolute atomic E-state index is 0.329. The van der Waals surface area contributed by atoms with Gasteiger partial charge in [0.05, 0.1) is 18.4 Å². The van der Waals surface area contributed by atoms with Crippen molar-refractivity contribution < 1.29 is 14.1 Å². The fraction of sp³-hybridized carbons (Fsp3) is 0.333. The zero-order valence-electron chi connectivity index (χ0n) is 8.90. The first-order valence-corrected chi connectivity index (χ1v) is 5.27. The van der Waals surface area contributed by atoms with Crippen molar-refractivity contribution in [3.8, 4) is 0 Å². The first kappa shape index (κ1) is 9.39. The molecule has 2 aromatic rings. The molecule has 82 valence electrons. The molecule has 1 heterocycles. The van der Waals surface area contributed by atoms with Crippen molar-refractivity contribution in [3.05, 3.63) is 29.5 Å². The summed E-state index contributed by atoms with van der Waals surface area (Å²) in [4.78, 5) is 11.4. The molecule has 0 amide bonds. The van der Waals surface area contributed by atoms with Crippen LogP contribution in [0.1, 0.15) is 34.8 Å². The van der Waals surface area contributed by atoms with Crippen LogP contribution in [0.5, 0.6) is 0 Å². The third-order valence-corrected chi connectivity index (χ3v) is 2.88. The van der Waals surface area contributed by atoms with Gasteiger partial charge in [-0.15, -0.1) is 0 Å². The van der Waals surface area contributed by atoms with Crippen LogP contribution in [0.15, 0.2) is 22.7 Å². The van der Waals surface area contributed by atoms with Crippen LogP contribution in [0.2, 0.25) is 0 Å². The number of benzene rings is 1. The number of rotatable bonds is 2. The average molecular weight is 217 g/mol. The molecule has 4 heteroatoms. The van der Waals surface area contributed by atoms with E-state index in [9.17, 15) is 4.79 Å². The van der Waals surface area contributed by atoms with Crippen molar-refractivity contribution in [2.24, 2.45) is 0 Å². The van der Waals surface area contributed by atoms with Crippen LogP contribution in [-0.4, -0.2) is 18.2 Å². The zero-order chi connectivity index (χ0) is 11.1. The quantitative estimate of drug-likeness (QED) is 0.725. The summed E-state index contributed by atoms with van der Waals surface area (Å²) in [6.07, 6.45) is 2.31. The molecule has 0 spiro atoms. The molecule has 1 aliphatic carbocycles. The third kappa shape index (κ3) is 1.38. The SMILES string of the molecule is COC(=O)c1ccc2onc(C3CC3)c2c1. The number of fused-ring (bicyclic) bond motifs is 1. The van der Waals surface area contributed by atoms with Gasteiger partial charge in [-0.1, -0.05) is 5.16 Å². The zero-order valence-corrected chi connectivity index (χ0v) is 8.90. The normalized spacial score (nSPS) is 15.3. The highest BCUT2D eigenvalue weighted by atomic mass is 16.5. The summed E-state index contributed by atoms with van der Waals surface area (Å²) in [5, 5.41) is 4.99. The van der Waals surface area contributed by atoms with Gasteiger partial charge in [-0.25, -0.2) is 4.79 Å². The number of esters is 1. The molecule has 1 aliphatic rings. The van der Waals surface area contributed by atoms with Gasteiger partial charge in [0.2, 0.25) is 0 Å². The molecular weight excluding hydrogens is 206 g/mol. The molecule has 1 aromatic heterocycles. The Morgan fingerprint density at radius 3 is 3.00 bits per heavy atom. The van der Waals surface area contributed by atoms with E-state index in [1.54, 1.807) is 18.2 Å². The second-order valence-corrected chi connectivity index (χ2v) is 4.04. The lowest BCUT2D eigenvalue weighted by Gasteiger charge is -1.98. The molecule has 0 saturated heterocycles. The molecule has 0 atom stereocenters. The first-order valence-electron chi connectivity index (χ1n) is 5.27. The summed E-state index contributed by atoms with van der Waals surface area (Å²) in [7, 11) is 1.38. The van der Waals surface area contributed by atoms with Crippen molar-refractivity contribution in [1.82, 2.24) is 5.16 Å². The second kappa shape index (κ2) is 3.33. The Labute approximate surface area is 92.2 Å². The van der Waals surface area contributed by atoms with E-state index in [1.165, 1.54) is 7.11 Å². The summed E-state index contributed by atoms with van der Waals surface area (Å²) < 4.78 is 9.90. The van der Waals surface area contributed by atoms with Crippen LogP contribution in [-0.2, 0) is 4.74 Å². The van der Waals surface area contributed by atoms with Crippen molar-refractivity contribution in [2.45, 2.75) is 18.8 Å². The summed E-state index contributed by atoms with van der Waals surface area (Å²) in [6.45, 7) is 0. The third-order valence-electron chi connectivity index (χ3n) is 2.88. The minimum Gasteiger partial charge on any atom is -0.465 e. The highest BCUT2D eigenvalue weighted by Crippen LogP contribution is 2.42. The lowest BCUT2D eigenvalue weighted by molar-refractivity contribution is 0.0601.